The first kappa shape index (κ1) is 23.2. The molecule has 0 amide bonds. The van der Waals surface area contributed by atoms with Gasteiger partial charge in [-0.05, 0) is 30.0 Å². The topological polar surface area (TPSA) is 103 Å². The Balaban J connectivity index is 0.000000396. The van der Waals surface area contributed by atoms with Gasteiger partial charge in [-0.1, -0.05) is 43.5 Å². The van der Waals surface area contributed by atoms with Gasteiger partial charge in [0.05, 0.1) is 0 Å². The molecule has 0 spiro atoms. The third kappa shape index (κ3) is 7.73. The fourth-order valence-corrected chi connectivity index (χ4v) is 3.20. The third-order valence-corrected chi connectivity index (χ3v) is 4.71. The maximum Gasteiger partial charge on any atom is 0.490 e. The van der Waals surface area contributed by atoms with Gasteiger partial charge in [0, 0.05) is 30.3 Å². The predicted octanol–water partition coefficient (Wildman–Crippen LogP) is 4.78. The van der Waals surface area contributed by atoms with E-state index in [0.717, 1.165) is 23.9 Å². The van der Waals surface area contributed by atoms with Crippen LogP contribution >= 0.6 is 0 Å². The summed E-state index contributed by atoms with van der Waals surface area (Å²) in [6, 6.07) is 7.90. The number of carbonyl (C=O) groups is 2. The molecule has 9 heteroatoms. The highest BCUT2D eigenvalue weighted by Gasteiger charge is 2.38. The van der Waals surface area contributed by atoms with E-state index in [4.69, 9.17) is 15.0 Å². The number of imidazole rings is 1. The number of rotatable bonds is 5. The van der Waals surface area contributed by atoms with Crippen molar-refractivity contribution >= 4 is 18.0 Å². The Labute approximate surface area is 171 Å². The average Bonchev–Trinajstić information content (AvgIpc) is 3.16. The monoisotopic (exact) mass is 424 g/mol. The molecule has 1 aromatic heterocycles. The minimum Gasteiger partial charge on any atom is -0.478 e. The van der Waals surface area contributed by atoms with Crippen LogP contribution in [0.25, 0.3) is 6.08 Å². The summed E-state index contributed by atoms with van der Waals surface area (Å²) in [7, 11) is 0. The molecule has 0 radical (unpaired) electrons. The molecule has 1 aliphatic carbocycles. The summed E-state index contributed by atoms with van der Waals surface area (Å²) in [5.41, 5.74) is 3.33. The fourth-order valence-electron chi connectivity index (χ4n) is 3.20. The molecule has 0 aliphatic heterocycles. The minimum atomic E-state index is -5.08. The maximum absolute atomic E-state index is 10.6. The molecule has 1 aliphatic rings. The van der Waals surface area contributed by atoms with Gasteiger partial charge in [0.1, 0.15) is 5.82 Å². The van der Waals surface area contributed by atoms with Crippen LogP contribution in [0.15, 0.2) is 36.5 Å². The summed E-state index contributed by atoms with van der Waals surface area (Å²) >= 11 is 0. The highest BCUT2D eigenvalue weighted by Crippen LogP contribution is 2.31. The highest BCUT2D eigenvalue weighted by molar-refractivity contribution is 5.85. The lowest BCUT2D eigenvalue weighted by atomic mass is 9.87. The quantitative estimate of drug-likeness (QED) is 0.600. The number of aromatic amines is 1. The Bertz CT molecular complexity index is 867. The summed E-state index contributed by atoms with van der Waals surface area (Å²) in [5, 5.41) is 15.8. The lowest BCUT2D eigenvalue weighted by molar-refractivity contribution is -0.192. The second-order valence-corrected chi connectivity index (χ2v) is 7.01. The minimum absolute atomic E-state index is 0.647. The lowest BCUT2D eigenvalue weighted by Gasteiger charge is -2.19. The standard InChI is InChI=1S/C19H22N2O2.C2HF3O2/c22-19(23)11-10-14-6-8-15(9-7-14)12-18-20-13-17(21-18)16-4-2-1-3-5-16;3-2(4,5)1(6)7/h6-11,13,16H,1-5,12H2,(H,20,21)(H,22,23);(H,6,7)/b11-10+;. The molecule has 6 nitrogen and oxygen atoms in total. The van der Waals surface area contributed by atoms with E-state index in [0.29, 0.717) is 5.92 Å². The number of alkyl halides is 3. The third-order valence-electron chi connectivity index (χ3n) is 4.71. The van der Waals surface area contributed by atoms with Crippen molar-refractivity contribution in [1.29, 1.82) is 0 Å². The molecule has 0 unspecified atom stereocenters. The summed E-state index contributed by atoms with van der Waals surface area (Å²) < 4.78 is 31.7. The van der Waals surface area contributed by atoms with Gasteiger partial charge in [-0.25, -0.2) is 14.6 Å². The Morgan fingerprint density at radius 1 is 1.10 bits per heavy atom. The van der Waals surface area contributed by atoms with E-state index in [1.165, 1.54) is 43.4 Å². The Kier molecular flexibility index (Phi) is 8.20. The van der Waals surface area contributed by atoms with Crippen LogP contribution < -0.4 is 0 Å². The van der Waals surface area contributed by atoms with E-state index in [1.54, 1.807) is 6.08 Å². The molecular formula is C21H23F3N2O4. The molecule has 0 saturated heterocycles. The zero-order chi connectivity index (χ0) is 22.1. The SMILES string of the molecule is O=C(O)/C=C/c1ccc(Cc2ncc(C3CCCCC3)[nH]2)cc1.O=C(O)C(F)(F)F. The van der Waals surface area contributed by atoms with Crippen LogP contribution in [0.1, 0.15) is 60.7 Å². The number of nitrogens with zero attached hydrogens (tertiary/aromatic N) is 1. The van der Waals surface area contributed by atoms with Crippen LogP contribution in [0.5, 0.6) is 0 Å². The van der Waals surface area contributed by atoms with Crippen molar-refractivity contribution in [3.63, 3.8) is 0 Å². The molecule has 0 bridgehead atoms. The summed E-state index contributed by atoms with van der Waals surface area (Å²) in [6.45, 7) is 0. The number of hydrogen-bond acceptors (Lipinski definition) is 3. The zero-order valence-electron chi connectivity index (χ0n) is 16.2. The molecule has 1 heterocycles. The van der Waals surface area contributed by atoms with Gasteiger partial charge in [-0.15, -0.1) is 0 Å². The summed E-state index contributed by atoms with van der Waals surface area (Å²) in [6.07, 6.45) is 6.98. The van der Waals surface area contributed by atoms with E-state index in [-0.39, 0.29) is 0 Å². The van der Waals surface area contributed by atoms with E-state index < -0.39 is 18.1 Å². The lowest BCUT2D eigenvalue weighted by Crippen LogP contribution is -2.21. The number of carboxylic acids is 2. The van der Waals surface area contributed by atoms with Crippen LogP contribution in [0.2, 0.25) is 0 Å². The van der Waals surface area contributed by atoms with Crippen LogP contribution in [-0.2, 0) is 16.0 Å². The molecule has 3 N–H and O–H groups in total. The largest absolute Gasteiger partial charge is 0.490 e. The van der Waals surface area contributed by atoms with Gasteiger partial charge in [0.15, 0.2) is 0 Å². The van der Waals surface area contributed by atoms with Crippen molar-refractivity contribution < 1.29 is 33.0 Å². The van der Waals surface area contributed by atoms with E-state index in [9.17, 15) is 18.0 Å². The van der Waals surface area contributed by atoms with Gasteiger partial charge in [0.25, 0.3) is 0 Å². The molecule has 1 saturated carbocycles. The van der Waals surface area contributed by atoms with E-state index in [1.807, 2.05) is 30.5 Å². The highest BCUT2D eigenvalue weighted by atomic mass is 19.4. The first-order valence-electron chi connectivity index (χ1n) is 9.49. The van der Waals surface area contributed by atoms with E-state index >= 15 is 0 Å². The van der Waals surface area contributed by atoms with Crippen LogP contribution in [-0.4, -0.2) is 38.3 Å². The van der Waals surface area contributed by atoms with Crippen LogP contribution in [0, 0.1) is 0 Å². The number of aliphatic carboxylic acids is 2. The van der Waals surface area contributed by atoms with Gasteiger partial charge in [-0.2, -0.15) is 13.2 Å². The van der Waals surface area contributed by atoms with Crippen molar-refractivity contribution in [2.75, 3.05) is 0 Å². The Hall–Kier alpha value is -3.10. The van der Waals surface area contributed by atoms with Gasteiger partial charge >= 0.3 is 18.1 Å². The van der Waals surface area contributed by atoms with Crippen molar-refractivity contribution in [1.82, 2.24) is 9.97 Å². The smallest absolute Gasteiger partial charge is 0.478 e. The summed E-state index contributed by atoms with van der Waals surface area (Å²) in [4.78, 5) is 27.4. The molecule has 3 rings (SSSR count). The van der Waals surface area contributed by atoms with Crippen molar-refractivity contribution in [2.24, 2.45) is 0 Å². The molecule has 30 heavy (non-hydrogen) atoms. The first-order chi connectivity index (χ1) is 14.1. The Morgan fingerprint density at radius 3 is 2.23 bits per heavy atom. The molecular weight excluding hydrogens is 401 g/mol. The number of nitrogens with one attached hydrogen (secondary N) is 1. The van der Waals surface area contributed by atoms with E-state index in [2.05, 4.69) is 9.97 Å². The molecule has 2 aromatic rings. The Morgan fingerprint density at radius 2 is 1.70 bits per heavy atom. The normalized spacial score (nSPS) is 14.9. The first-order valence-corrected chi connectivity index (χ1v) is 9.49. The van der Waals surface area contributed by atoms with Crippen LogP contribution in [0.4, 0.5) is 13.2 Å². The fraction of sp³-hybridized carbons (Fsp3) is 0.381. The van der Waals surface area contributed by atoms with Crippen molar-refractivity contribution in [2.45, 2.75) is 50.6 Å². The number of carboxylic acid groups (broad SMARTS) is 2. The number of H-pyrrole nitrogens is 1. The summed E-state index contributed by atoms with van der Waals surface area (Å²) in [5.74, 6) is -2.04. The average molecular weight is 424 g/mol. The molecule has 1 fully saturated rings. The predicted molar refractivity (Wildman–Crippen MR) is 104 cm³/mol. The van der Waals surface area contributed by atoms with Gasteiger partial charge < -0.3 is 15.2 Å². The number of aromatic nitrogens is 2. The van der Waals surface area contributed by atoms with Crippen molar-refractivity contribution in [3.8, 4) is 0 Å². The number of halogens is 3. The zero-order valence-corrected chi connectivity index (χ0v) is 16.2. The van der Waals surface area contributed by atoms with Gasteiger partial charge in [-0.3, -0.25) is 0 Å². The second kappa shape index (κ2) is 10.6. The number of hydrogen-bond donors (Lipinski definition) is 3. The molecule has 1 aromatic carbocycles. The molecule has 0 atom stereocenters. The number of benzene rings is 1. The molecule has 162 valence electrons. The van der Waals surface area contributed by atoms with Crippen molar-refractivity contribution in [3.05, 3.63) is 59.2 Å². The van der Waals surface area contributed by atoms with Crippen LogP contribution in [0.3, 0.4) is 0 Å². The van der Waals surface area contributed by atoms with Gasteiger partial charge in [0.2, 0.25) is 0 Å². The maximum atomic E-state index is 10.6. The second-order valence-electron chi connectivity index (χ2n) is 7.01.